The SMILES string of the molecule is COc1cc(CCN)ccc1OCC(=O)NC(C)C(C)C. The van der Waals surface area contributed by atoms with Crippen LogP contribution in [0.15, 0.2) is 18.2 Å². The van der Waals surface area contributed by atoms with Crippen LogP contribution in [-0.2, 0) is 11.2 Å². The summed E-state index contributed by atoms with van der Waals surface area (Å²) in [6, 6.07) is 5.74. The number of amides is 1. The van der Waals surface area contributed by atoms with E-state index in [-0.39, 0.29) is 18.6 Å². The molecule has 1 atom stereocenters. The van der Waals surface area contributed by atoms with Crippen LogP contribution in [0.4, 0.5) is 0 Å². The van der Waals surface area contributed by atoms with Crippen molar-refractivity contribution in [2.45, 2.75) is 33.2 Å². The summed E-state index contributed by atoms with van der Waals surface area (Å²) in [5.41, 5.74) is 6.62. The zero-order valence-corrected chi connectivity index (χ0v) is 13.3. The summed E-state index contributed by atoms with van der Waals surface area (Å²) in [6.45, 7) is 6.66. The molecule has 1 unspecified atom stereocenters. The molecule has 1 aromatic rings. The second-order valence-corrected chi connectivity index (χ2v) is 5.41. The average molecular weight is 294 g/mol. The first kappa shape index (κ1) is 17.3. The molecule has 5 nitrogen and oxygen atoms in total. The van der Waals surface area contributed by atoms with Crippen LogP contribution in [0.5, 0.6) is 11.5 Å². The highest BCUT2D eigenvalue weighted by molar-refractivity contribution is 5.77. The van der Waals surface area contributed by atoms with Gasteiger partial charge in [0.1, 0.15) is 0 Å². The third kappa shape index (κ3) is 5.63. The Morgan fingerprint density at radius 2 is 2.00 bits per heavy atom. The first-order valence-electron chi connectivity index (χ1n) is 7.27. The van der Waals surface area contributed by atoms with Crippen molar-refractivity contribution >= 4 is 5.91 Å². The standard InChI is InChI=1S/C16H26N2O3/c1-11(2)12(3)18-16(19)10-21-14-6-5-13(7-8-17)9-15(14)20-4/h5-6,9,11-12H,7-8,10,17H2,1-4H3,(H,18,19). The molecule has 0 aliphatic carbocycles. The molecule has 0 saturated carbocycles. The minimum absolute atomic E-state index is 0.0242. The molecule has 0 heterocycles. The number of ether oxygens (including phenoxy) is 2. The van der Waals surface area contributed by atoms with Crippen molar-refractivity contribution in [3.8, 4) is 11.5 Å². The summed E-state index contributed by atoms with van der Waals surface area (Å²) in [5.74, 6) is 1.43. The lowest BCUT2D eigenvalue weighted by Gasteiger charge is -2.18. The average Bonchev–Trinajstić information content (AvgIpc) is 2.45. The van der Waals surface area contributed by atoms with Gasteiger partial charge in [0.05, 0.1) is 7.11 Å². The topological polar surface area (TPSA) is 73.6 Å². The van der Waals surface area contributed by atoms with Gasteiger partial charge in [0.25, 0.3) is 5.91 Å². The maximum absolute atomic E-state index is 11.8. The molecule has 3 N–H and O–H groups in total. The van der Waals surface area contributed by atoms with E-state index in [2.05, 4.69) is 19.2 Å². The van der Waals surface area contributed by atoms with Crippen molar-refractivity contribution in [3.63, 3.8) is 0 Å². The quantitative estimate of drug-likeness (QED) is 0.766. The molecular weight excluding hydrogens is 268 g/mol. The molecule has 21 heavy (non-hydrogen) atoms. The normalized spacial score (nSPS) is 12.1. The van der Waals surface area contributed by atoms with Gasteiger partial charge < -0.3 is 20.5 Å². The van der Waals surface area contributed by atoms with Gasteiger partial charge in [-0.2, -0.15) is 0 Å². The van der Waals surface area contributed by atoms with Crippen LogP contribution in [0.1, 0.15) is 26.3 Å². The lowest BCUT2D eigenvalue weighted by molar-refractivity contribution is -0.124. The number of nitrogens with two attached hydrogens (primary N) is 1. The van der Waals surface area contributed by atoms with E-state index in [0.29, 0.717) is 24.0 Å². The van der Waals surface area contributed by atoms with E-state index in [0.717, 1.165) is 12.0 Å². The van der Waals surface area contributed by atoms with E-state index in [1.54, 1.807) is 7.11 Å². The van der Waals surface area contributed by atoms with Crippen LogP contribution in [0.2, 0.25) is 0 Å². The summed E-state index contributed by atoms with van der Waals surface area (Å²) in [6.07, 6.45) is 0.781. The van der Waals surface area contributed by atoms with Crippen LogP contribution in [0.25, 0.3) is 0 Å². The van der Waals surface area contributed by atoms with Crippen molar-refractivity contribution < 1.29 is 14.3 Å². The lowest BCUT2D eigenvalue weighted by atomic mass is 10.1. The summed E-state index contributed by atoms with van der Waals surface area (Å²) < 4.78 is 10.8. The van der Waals surface area contributed by atoms with Crippen molar-refractivity contribution in [3.05, 3.63) is 23.8 Å². The zero-order chi connectivity index (χ0) is 15.8. The minimum Gasteiger partial charge on any atom is -0.493 e. The van der Waals surface area contributed by atoms with Gasteiger partial charge in [0.15, 0.2) is 18.1 Å². The number of carbonyl (C=O) groups excluding carboxylic acids is 1. The van der Waals surface area contributed by atoms with Crippen LogP contribution >= 0.6 is 0 Å². The van der Waals surface area contributed by atoms with Crippen LogP contribution in [0.3, 0.4) is 0 Å². The molecule has 1 aromatic carbocycles. The van der Waals surface area contributed by atoms with Gasteiger partial charge in [-0.15, -0.1) is 0 Å². The predicted octanol–water partition coefficient (Wildman–Crippen LogP) is 1.74. The number of benzene rings is 1. The largest absolute Gasteiger partial charge is 0.493 e. The third-order valence-corrected chi connectivity index (χ3v) is 3.41. The lowest BCUT2D eigenvalue weighted by Crippen LogP contribution is -2.38. The monoisotopic (exact) mass is 294 g/mol. The highest BCUT2D eigenvalue weighted by atomic mass is 16.5. The molecule has 5 heteroatoms. The van der Waals surface area contributed by atoms with Crippen molar-refractivity contribution in [1.82, 2.24) is 5.32 Å². The van der Waals surface area contributed by atoms with E-state index >= 15 is 0 Å². The molecule has 0 saturated heterocycles. The van der Waals surface area contributed by atoms with Crippen LogP contribution in [-0.4, -0.2) is 32.2 Å². The maximum Gasteiger partial charge on any atom is 0.258 e. The molecule has 0 bridgehead atoms. The van der Waals surface area contributed by atoms with E-state index in [9.17, 15) is 4.79 Å². The van der Waals surface area contributed by atoms with Gasteiger partial charge in [-0.3, -0.25) is 4.79 Å². The Morgan fingerprint density at radius 3 is 2.57 bits per heavy atom. The Hall–Kier alpha value is -1.75. The number of rotatable bonds is 8. The van der Waals surface area contributed by atoms with E-state index < -0.39 is 0 Å². The molecule has 0 aliphatic heterocycles. The summed E-state index contributed by atoms with van der Waals surface area (Å²) in [4.78, 5) is 11.8. The molecule has 118 valence electrons. The zero-order valence-electron chi connectivity index (χ0n) is 13.3. The van der Waals surface area contributed by atoms with Gasteiger partial charge in [-0.05, 0) is 43.5 Å². The summed E-state index contributed by atoms with van der Waals surface area (Å²) in [7, 11) is 1.58. The van der Waals surface area contributed by atoms with E-state index in [1.807, 2.05) is 25.1 Å². The molecule has 0 radical (unpaired) electrons. The molecule has 0 aromatic heterocycles. The Labute approximate surface area is 126 Å². The number of hydrogen-bond acceptors (Lipinski definition) is 4. The Morgan fingerprint density at radius 1 is 1.29 bits per heavy atom. The molecule has 0 fully saturated rings. The first-order chi connectivity index (χ1) is 9.97. The van der Waals surface area contributed by atoms with Gasteiger partial charge in [-0.1, -0.05) is 19.9 Å². The number of hydrogen-bond donors (Lipinski definition) is 2. The molecular formula is C16H26N2O3. The Kier molecular flexibility index (Phi) is 7.02. The molecule has 1 amide bonds. The third-order valence-electron chi connectivity index (χ3n) is 3.41. The fraction of sp³-hybridized carbons (Fsp3) is 0.562. The smallest absolute Gasteiger partial charge is 0.258 e. The van der Waals surface area contributed by atoms with Crippen molar-refractivity contribution in [2.75, 3.05) is 20.3 Å². The predicted molar refractivity (Wildman–Crippen MR) is 83.7 cm³/mol. The van der Waals surface area contributed by atoms with Gasteiger partial charge in [0.2, 0.25) is 0 Å². The maximum atomic E-state index is 11.8. The van der Waals surface area contributed by atoms with Crippen molar-refractivity contribution in [1.29, 1.82) is 0 Å². The van der Waals surface area contributed by atoms with Crippen LogP contribution in [0, 0.1) is 5.92 Å². The fourth-order valence-electron chi connectivity index (χ4n) is 1.76. The Bertz CT molecular complexity index is 461. The number of carbonyl (C=O) groups is 1. The Balaban J connectivity index is 2.60. The second kappa shape index (κ2) is 8.52. The molecule has 1 rings (SSSR count). The highest BCUT2D eigenvalue weighted by Crippen LogP contribution is 2.28. The first-order valence-corrected chi connectivity index (χ1v) is 7.27. The molecule has 0 aliphatic rings. The summed E-state index contributed by atoms with van der Waals surface area (Å²) in [5, 5.41) is 2.90. The highest BCUT2D eigenvalue weighted by Gasteiger charge is 2.12. The second-order valence-electron chi connectivity index (χ2n) is 5.41. The van der Waals surface area contributed by atoms with E-state index in [4.69, 9.17) is 15.2 Å². The van der Waals surface area contributed by atoms with Crippen molar-refractivity contribution in [2.24, 2.45) is 11.7 Å². The van der Waals surface area contributed by atoms with Gasteiger partial charge in [-0.25, -0.2) is 0 Å². The van der Waals surface area contributed by atoms with Gasteiger partial charge >= 0.3 is 0 Å². The van der Waals surface area contributed by atoms with Crippen LogP contribution < -0.4 is 20.5 Å². The number of methoxy groups -OCH3 is 1. The van der Waals surface area contributed by atoms with Gasteiger partial charge in [0, 0.05) is 6.04 Å². The summed E-state index contributed by atoms with van der Waals surface area (Å²) >= 11 is 0. The van der Waals surface area contributed by atoms with E-state index in [1.165, 1.54) is 0 Å². The number of nitrogens with one attached hydrogen (secondary N) is 1. The minimum atomic E-state index is -0.135. The fourth-order valence-corrected chi connectivity index (χ4v) is 1.76. The molecule has 0 spiro atoms.